The van der Waals surface area contributed by atoms with E-state index in [4.69, 9.17) is 5.73 Å². The van der Waals surface area contributed by atoms with E-state index in [1.807, 2.05) is 20.2 Å². The lowest BCUT2D eigenvalue weighted by Crippen LogP contribution is -2.06. The summed E-state index contributed by atoms with van der Waals surface area (Å²) in [6.45, 7) is 6.04. The summed E-state index contributed by atoms with van der Waals surface area (Å²) in [7, 11) is 1.88. The van der Waals surface area contributed by atoms with Gasteiger partial charge in [0.1, 0.15) is 11.6 Å². The zero-order valence-electron chi connectivity index (χ0n) is 10.6. The van der Waals surface area contributed by atoms with Crippen LogP contribution >= 0.6 is 0 Å². The molecule has 0 fully saturated rings. The van der Waals surface area contributed by atoms with Crippen LogP contribution in [0.5, 0.6) is 0 Å². The van der Waals surface area contributed by atoms with E-state index in [9.17, 15) is 0 Å². The van der Waals surface area contributed by atoms with E-state index in [1.165, 1.54) is 0 Å². The van der Waals surface area contributed by atoms with E-state index >= 15 is 0 Å². The first-order chi connectivity index (χ1) is 7.99. The summed E-state index contributed by atoms with van der Waals surface area (Å²) in [6.07, 6.45) is 3.72. The highest BCUT2D eigenvalue weighted by atomic mass is 15.2. The number of aromatic nitrogens is 4. The van der Waals surface area contributed by atoms with Crippen molar-refractivity contribution in [2.24, 2.45) is 7.05 Å². The van der Waals surface area contributed by atoms with E-state index in [0.717, 1.165) is 22.6 Å². The van der Waals surface area contributed by atoms with E-state index in [-0.39, 0.29) is 5.92 Å². The molecule has 0 spiro atoms. The van der Waals surface area contributed by atoms with Crippen LogP contribution in [-0.4, -0.2) is 19.7 Å². The van der Waals surface area contributed by atoms with Gasteiger partial charge in [-0.15, -0.1) is 0 Å². The van der Waals surface area contributed by atoms with Gasteiger partial charge in [-0.1, -0.05) is 13.8 Å². The van der Waals surface area contributed by atoms with Crippen molar-refractivity contribution in [3.8, 4) is 11.3 Å². The third-order valence-corrected chi connectivity index (χ3v) is 2.70. The number of nitrogens with two attached hydrogens (primary N) is 1. The van der Waals surface area contributed by atoms with E-state index in [2.05, 4.69) is 28.9 Å². The van der Waals surface area contributed by atoms with Gasteiger partial charge in [0.05, 0.1) is 11.9 Å². The zero-order chi connectivity index (χ0) is 12.6. The summed E-state index contributed by atoms with van der Waals surface area (Å²) in [4.78, 5) is 8.88. The first-order valence-corrected chi connectivity index (χ1v) is 5.62. The Kier molecular flexibility index (Phi) is 2.83. The highest BCUT2D eigenvalue weighted by molar-refractivity contribution is 5.66. The van der Waals surface area contributed by atoms with Crippen LogP contribution in [0.3, 0.4) is 0 Å². The molecule has 2 aromatic heterocycles. The van der Waals surface area contributed by atoms with Crippen LogP contribution in [0.2, 0.25) is 0 Å². The standard InChI is InChI=1S/C12H17N5/c1-7(2)12-15-10(8(3)11(13)16-12)9-5-14-17(4)6-9/h5-7H,1-4H3,(H2,13,15,16). The number of aryl methyl sites for hydroxylation is 1. The maximum absolute atomic E-state index is 5.93. The molecule has 0 amide bonds. The van der Waals surface area contributed by atoms with Gasteiger partial charge >= 0.3 is 0 Å². The lowest BCUT2D eigenvalue weighted by atomic mass is 10.1. The number of rotatable bonds is 2. The van der Waals surface area contributed by atoms with Crippen LogP contribution in [-0.2, 0) is 7.05 Å². The van der Waals surface area contributed by atoms with Gasteiger partial charge in [-0.3, -0.25) is 4.68 Å². The molecule has 0 saturated carbocycles. The van der Waals surface area contributed by atoms with Crippen LogP contribution in [0, 0.1) is 6.92 Å². The predicted molar refractivity (Wildman–Crippen MR) is 67.5 cm³/mol. The van der Waals surface area contributed by atoms with Crippen LogP contribution in [0.15, 0.2) is 12.4 Å². The van der Waals surface area contributed by atoms with Crippen LogP contribution in [0.1, 0.15) is 31.2 Å². The molecule has 0 aliphatic rings. The monoisotopic (exact) mass is 231 g/mol. The number of anilines is 1. The largest absolute Gasteiger partial charge is 0.383 e. The second-order valence-corrected chi connectivity index (χ2v) is 4.50. The lowest BCUT2D eigenvalue weighted by molar-refractivity contribution is 0.767. The first-order valence-electron chi connectivity index (χ1n) is 5.62. The predicted octanol–water partition coefficient (Wildman–Crippen LogP) is 1.89. The maximum Gasteiger partial charge on any atom is 0.133 e. The Balaban J connectivity index is 2.60. The molecule has 17 heavy (non-hydrogen) atoms. The third kappa shape index (κ3) is 2.13. The zero-order valence-corrected chi connectivity index (χ0v) is 10.6. The van der Waals surface area contributed by atoms with E-state index < -0.39 is 0 Å². The Morgan fingerprint density at radius 2 is 2.00 bits per heavy atom. The molecule has 5 heteroatoms. The molecular weight excluding hydrogens is 214 g/mol. The van der Waals surface area contributed by atoms with E-state index in [1.54, 1.807) is 10.9 Å². The molecule has 0 unspecified atom stereocenters. The van der Waals surface area contributed by atoms with Crippen molar-refractivity contribution >= 4 is 5.82 Å². The van der Waals surface area contributed by atoms with Crippen LogP contribution in [0.25, 0.3) is 11.3 Å². The number of hydrogen-bond donors (Lipinski definition) is 1. The highest BCUT2D eigenvalue weighted by Crippen LogP contribution is 2.25. The summed E-state index contributed by atoms with van der Waals surface area (Å²) in [5.41, 5.74) is 8.67. The highest BCUT2D eigenvalue weighted by Gasteiger charge is 2.13. The van der Waals surface area contributed by atoms with Crippen molar-refractivity contribution in [2.45, 2.75) is 26.7 Å². The minimum atomic E-state index is 0.258. The Hall–Kier alpha value is -1.91. The second kappa shape index (κ2) is 4.16. The molecule has 2 N–H and O–H groups in total. The summed E-state index contributed by atoms with van der Waals surface area (Å²) in [5.74, 6) is 1.57. The minimum Gasteiger partial charge on any atom is -0.383 e. The Morgan fingerprint density at radius 1 is 1.29 bits per heavy atom. The molecule has 5 nitrogen and oxygen atoms in total. The van der Waals surface area contributed by atoms with Gasteiger partial charge in [0.2, 0.25) is 0 Å². The first kappa shape index (κ1) is 11.6. The average Bonchev–Trinajstić information content (AvgIpc) is 2.68. The van der Waals surface area contributed by atoms with Crippen molar-refractivity contribution < 1.29 is 0 Å². The number of nitrogen functional groups attached to an aromatic ring is 1. The Bertz CT molecular complexity index is 542. The molecule has 90 valence electrons. The van der Waals surface area contributed by atoms with Gasteiger partial charge in [-0.2, -0.15) is 5.10 Å². The summed E-state index contributed by atoms with van der Waals surface area (Å²) in [5, 5.41) is 4.15. The van der Waals surface area contributed by atoms with Crippen molar-refractivity contribution in [1.29, 1.82) is 0 Å². The average molecular weight is 231 g/mol. The molecular formula is C12H17N5. The number of nitrogens with zero attached hydrogens (tertiary/aromatic N) is 4. The molecule has 0 aliphatic heterocycles. The SMILES string of the molecule is Cc1c(N)nc(C(C)C)nc1-c1cnn(C)c1. The molecule has 0 aliphatic carbocycles. The van der Waals surface area contributed by atoms with Crippen LogP contribution < -0.4 is 5.73 Å². The fourth-order valence-corrected chi connectivity index (χ4v) is 1.63. The minimum absolute atomic E-state index is 0.258. The second-order valence-electron chi connectivity index (χ2n) is 4.50. The normalized spacial score (nSPS) is 11.1. The molecule has 0 atom stereocenters. The summed E-state index contributed by atoms with van der Waals surface area (Å²) in [6, 6.07) is 0. The quantitative estimate of drug-likeness (QED) is 0.856. The smallest absolute Gasteiger partial charge is 0.133 e. The van der Waals surface area contributed by atoms with E-state index in [0.29, 0.717) is 5.82 Å². The van der Waals surface area contributed by atoms with Gasteiger partial charge < -0.3 is 5.73 Å². The number of hydrogen-bond acceptors (Lipinski definition) is 4. The summed E-state index contributed by atoms with van der Waals surface area (Å²) < 4.78 is 1.75. The Labute approximate surface area is 101 Å². The van der Waals surface area contributed by atoms with Crippen molar-refractivity contribution in [1.82, 2.24) is 19.7 Å². The molecule has 2 aromatic rings. The lowest BCUT2D eigenvalue weighted by Gasteiger charge is -2.10. The fourth-order valence-electron chi connectivity index (χ4n) is 1.63. The molecule has 0 radical (unpaired) electrons. The third-order valence-electron chi connectivity index (χ3n) is 2.70. The molecule has 0 saturated heterocycles. The summed E-state index contributed by atoms with van der Waals surface area (Å²) >= 11 is 0. The molecule has 2 rings (SSSR count). The van der Waals surface area contributed by atoms with Gasteiger partial charge in [-0.05, 0) is 6.92 Å². The fraction of sp³-hybridized carbons (Fsp3) is 0.417. The van der Waals surface area contributed by atoms with Gasteiger partial charge in [0.25, 0.3) is 0 Å². The molecule has 0 bridgehead atoms. The van der Waals surface area contributed by atoms with Gasteiger partial charge in [0, 0.05) is 30.3 Å². The van der Waals surface area contributed by atoms with Crippen molar-refractivity contribution in [3.05, 3.63) is 23.8 Å². The van der Waals surface area contributed by atoms with Crippen molar-refractivity contribution in [3.63, 3.8) is 0 Å². The Morgan fingerprint density at radius 3 is 2.53 bits per heavy atom. The van der Waals surface area contributed by atoms with Crippen LogP contribution in [0.4, 0.5) is 5.82 Å². The van der Waals surface area contributed by atoms with Gasteiger partial charge in [-0.25, -0.2) is 9.97 Å². The topological polar surface area (TPSA) is 69.6 Å². The molecule has 0 aromatic carbocycles. The maximum atomic E-state index is 5.93. The van der Waals surface area contributed by atoms with Crippen molar-refractivity contribution in [2.75, 3.05) is 5.73 Å². The van der Waals surface area contributed by atoms with Gasteiger partial charge in [0.15, 0.2) is 0 Å². The molecule has 2 heterocycles.